The molecule has 0 aliphatic carbocycles. The minimum atomic E-state index is 0.124. The number of hydrogen-bond acceptors (Lipinski definition) is 2. The van der Waals surface area contributed by atoms with Crippen molar-refractivity contribution < 1.29 is 4.74 Å². The molecule has 1 N–H and O–H groups in total. The smallest absolute Gasteiger partial charge is 0.123 e. The number of ether oxygens (including phenoxy) is 1. The molecule has 2 heteroatoms. The molecule has 0 amide bonds. The van der Waals surface area contributed by atoms with Gasteiger partial charge in [0.2, 0.25) is 0 Å². The first kappa shape index (κ1) is 17.0. The van der Waals surface area contributed by atoms with E-state index in [2.05, 4.69) is 65.1 Å². The van der Waals surface area contributed by atoms with E-state index in [0.717, 1.165) is 31.2 Å². The van der Waals surface area contributed by atoms with Gasteiger partial charge in [0.15, 0.2) is 0 Å². The Morgan fingerprint density at radius 2 is 1.90 bits per heavy atom. The second-order valence-corrected chi connectivity index (χ2v) is 7.10. The van der Waals surface area contributed by atoms with Crippen molar-refractivity contribution in [2.45, 2.75) is 66.5 Å². The van der Waals surface area contributed by atoms with Crippen molar-refractivity contribution in [2.24, 2.45) is 5.92 Å². The lowest BCUT2D eigenvalue weighted by Crippen LogP contribution is -2.35. The Hall–Kier alpha value is -1.02. The molecule has 0 spiro atoms. The van der Waals surface area contributed by atoms with Crippen LogP contribution in [-0.2, 0) is 6.54 Å². The van der Waals surface area contributed by atoms with Crippen LogP contribution in [0.25, 0.3) is 0 Å². The molecule has 1 rings (SSSR count). The second kappa shape index (κ2) is 7.68. The van der Waals surface area contributed by atoms with Gasteiger partial charge in [-0.15, -0.1) is 0 Å². The van der Waals surface area contributed by atoms with Gasteiger partial charge in [-0.25, -0.2) is 0 Å². The van der Waals surface area contributed by atoms with E-state index in [-0.39, 0.29) is 5.54 Å². The minimum Gasteiger partial charge on any atom is -0.493 e. The highest BCUT2D eigenvalue weighted by atomic mass is 16.5. The van der Waals surface area contributed by atoms with E-state index in [9.17, 15) is 0 Å². The molecule has 0 saturated heterocycles. The standard InChI is InChI=1S/C18H31NO/c1-14(2)8-7-11-20-17-10-9-15(3)12-16(17)13-19-18(4,5)6/h9-10,12,14,19H,7-8,11,13H2,1-6H3. The summed E-state index contributed by atoms with van der Waals surface area (Å²) in [5.74, 6) is 1.77. The van der Waals surface area contributed by atoms with Crippen LogP contribution < -0.4 is 10.1 Å². The lowest BCUT2D eigenvalue weighted by atomic mass is 10.1. The van der Waals surface area contributed by atoms with E-state index in [0.29, 0.717) is 0 Å². The van der Waals surface area contributed by atoms with E-state index < -0.39 is 0 Å². The first-order valence-electron chi connectivity index (χ1n) is 7.75. The van der Waals surface area contributed by atoms with Gasteiger partial charge in [-0.1, -0.05) is 31.5 Å². The van der Waals surface area contributed by atoms with Crippen LogP contribution in [-0.4, -0.2) is 12.1 Å². The fraction of sp³-hybridized carbons (Fsp3) is 0.667. The molecule has 20 heavy (non-hydrogen) atoms. The highest BCUT2D eigenvalue weighted by Crippen LogP contribution is 2.21. The van der Waals surface area contributed by atoms with Gasteiger partial charge in [0, 0.05) is 17.6 Å². The fourth-order valence-corrected chi connectivity index (χ4v) is 2.02. The van der Waals surface area contributed by atoms with Crippen molar-refractivity contribution in [1.29, 1.82) is 0 Å². The maximum absolute atomic E-state index is 5.97. The Morgan fingerprint density at radius 1 is 1.20 bits per heavy atom. The van der Waals surface area contributed by atoms with Crippen LogP contribution in [0.5, 0.6) is 5.75 Å². The van der Waals surface area contributed by atoms with E-state index in [1.165, 1.54) is 17.5 Å². The molecule has 0 unspecified atom stereocenters. The maximum Gasteiger partial charge on any atom is 0.123 e. The highest BCUT2D eigenvalue weighted by Gasteiger charge is 2.11. The maximum atomic E-state index is 5.97. The average Bonchev–Trinajstić information content (AvgIpc) is 2.32. The van der Waals surface area contributed by atoms with Crippen molar-refractivity contribution in [3.63, 3.8) is 0 Å². The van der Waals surface area contributed by atoms with Crippen LogP contribution in [0.3, 0.4) is 0 Å². The molecule has 0 radical (unpaired) electrons. The summed E-state index contributed by atoms with van der Waals surface area (Å²) in [5, 5.41) is 3.53. The van der Waals surface area contributed by atoms with Crippen molar-refractivity contribution >= 4 is 0 Å². The second-order valence-electron chi connectivity index (χ2n) is 7.10. The molecule has 0 aromatic heterocycles. The molecule has 0 aliphatic heterocycles. The van der Waals surface area contributed by atoms with Crippen molar-refractivity contribution in [1.82, 2.24) is 5.32 Å². The number of hydrogen-bond donors (Lipinski definition) is 1. The molecule has 0 fully saturated rings. The fourth-order valence-electron chi connectivity index (χ4n) is 2.02. The molecule has 1 aromatic carbocycles. The number of rotatable bonds is 7. The van der Waals surface area contributed by atoms with Crippen LogP contribution >= 0.6 is 0 Å². The molecular formula is C18H31NO. The quantitative estimate of drug-likeness (QED) is 0.729. The monoisotopic (exact) mass is 277 g/mol. The first-order valence-corrected chi connectivity index (χ1v) is 7.75. The lowest BCUT2D eigenvalue weighted by Gasteiger charge is -2.22. The van der Waals surface area contributed by atoms with Crippen LogP contribution in [0.1, 0.15) is 58.6 Å². The van der Waals surface area contributed by atoms with Gasteiger partial charge in [-0.05, 0) is 52.5 Å². The van der Waals surface area contributed by atoms with Crippen LogP contribution in [0, 0.1) is 12.8 Å². The number of benzene rings is 1. The van der Waals surface area contributed by atoms with Crippen molar-refractivity contribution in [2.75, 3.05) is 6.61 Å². The topological polar surface area (TPSA) is 21.3 Å². The van der Waals surface area contributed by atoms with Crippen LogP contribution in [0.2, 0.25) is 0 Å². The molecule has 114 valence electrons. The molecule has 0 heterocycles. The van der Waals surface area contributed by atoms with Gasteiger partial charge in [-0.2, -0.15) is 0 Å². The summed E-state index contributed by atoms with van der Waals surface area (Å²) >= 11 is 0. The summed E-state index contributed by atoms with van der Waals surface area (Å²) in [6.45, 7) is 14.9. The molecule has 0 aliphatic rings. The van der Waals surface area contributed by atoms with E-state index in [1.807, 2.05) is 0 Å². The van der Waals surface area contributed by atoms with E-state index >= 15 is 0 Å². The number of aryl methyl sites for hydroxylation is 1. The predicted octanol–water partition coefficient (Wildman–Crippen LogP) is 4.70. The van der Waals surface area contributed by atoms with Gasteiger partial charge in [-0.3, -0.25) is 0 Å². The van der Waals surface area contributed by atoms with Crippen LogP contribution in [0.15, 0.2) is 18.2 Å². The largest absolute Gasteiger partial charge is 0.493 e. The number of nitrogens with one attached hydrogen (secondary N) is 1. The average molecular weight is 277 g/mol. The van der Waals surface area contributed by atoms with Gasteiger partial charge >= 0.3 is 0 Å². The summed E-state index contributed by atoms with van der Waals surface area (Å²) in [5.41, 5.74) is 2.66. The Balaban J connectivity index is 2.60. The summed E-state index contributed by atoms with van der Waals surface area (Å²) in [6, 6.07) is 6.44. The van der Waals surface area contributed by atoms with Gasteiger partial charge < -0.3 is 10.1 Å². The molecule has 0 bridgehead atoms. The summed E-state index contributed by atoms with van der Waals surface area (Å²) < 4.78 is 5.97. The third-order valence-corrected chi connectivity index (χ3v) is 3.21. The van der Waals surface area contributed by atoms with E-state index in [1.54, 1.807) is 0 Å². The minimum absolute atomic E-state index is 0.124. The zero-order valence-electron chi connectivity index (χ0n) is 14.0. The SMILES string of the molecule is Cc1ccc(OCCCC(C)C)c(CNC(C)(C)C)c1. The molecule has 1 aromatic rings. The Labute approximate surface area is 124 Å². The van der Waals surface area contributed by atoms with Crippen molar-refractivity contribution in [3.05, 3.63) is 29.3 Å². The zero-order chi connectivity index (χ0) is 15.2. The zero-order valence-corrected chi connectivity index (χ0v) is 14.0. The third kappa shape index (κ3) is 6.95. The summed E-state index contributed by atoms with van der Waals surface area (Å²) in [7, 11) is 0. The Kier molecular flexibility index (Phi) is 6.54. The van der Waals surface area contributed by atoms with Gasteiger partial charge in [0.05, 0.1) is 6.61 Å². The molecule has 2 nitrogen and oxygen atoms in total. The summed E-state index contributed by atoms with van der Waals surface area (Å²) in [6.07, 6.45) is 2.35. The molecular weight excluding hydrogens is 246 g/mol. The summed E-state index contributed by atoms with van der Waals surface area (Å²) in [4.78, 5) is 0. The Morgan fingerprint density at radius 3 is 2.50 bits per heavy atom. The van der Waals surface area contributed by atoms with Gasteiger partial charge in [0.1, 0.15) is 5.75 Å². The van der Waals surface area contributed by atoms with Gasteiger partial charge in [0.25, 0.3) is 0 Å². The first-order chi connectivity index (χ1) is 9.28. The van der Waals surface area contributed by atoms with Crippen LogP contribution in [0.4, 0.5) is 0 Å². The highest BCUT2D eigenvalue weighted by molar-refractivity contribution is 5.36. The third-order valence-electron chi connectivity index (χ3n) is 3.21. The van der Waals surface area contributed by atoms with E-state index in [4.69, 9.17) is 4.74 Å². The Bertz CT molecular complexity index is 404. The normalized spacial score (nSPS) is 11.9. The van der Waals surface area contributed by atoms with Crippen molar-refractivity contribution in [3.8, 4) is 5.75 Å². The molecule has 0 atom stereocenters. The predicted molar refractivity (Wildman–Crippen MR) is 87.3 cm³/mol. The lowest BCUT2D eigenvalue weighted by molar-refractivity contribution is 0.292. The molecule has 0 saturated carbocycles.